The zero-order valence-electron chi connectivity index (χ0n) is 25.4. The van der Waals surface area contributed by atoms with Gasteiger partial charge in [0.1, 0.15) is 0 Å². The average Bonchev–Trinajstić information content (AvgIpc) is 3.75. The van der Waals surface area contributed by atoms with Crippen molar-refractivity contribution in [2.24, 2.45) is 0 Å². The Hall–Kier alpha value is -0.320. The number of methoxy groups -OCH3 is 1. The molecular weight excluding hydrogens is 494 g/mol. The molecule has 8 heteroatoms. The van der Waals surface area contributed by atoms with E-state index in [1.54, 1.807) is 7.11 Å². The van der Waals surface area contributed by atoms with Gasteiger partial charge < -0.3 is 33.6 Å². The first-order chi connectivity index (χ1) is 19.2. The lowest BCUT2D eigenvalue weighted by atomic mass is 9.94. The number of rotatable bonds is 23. The molecule has 1 radical (unpaired) electrons. The number of hydrogen-bond donors (Lipinski definition) is 0. The molecule has 3 aliphatic rings. The van der Waals surface area contributed by atoms with E-state index in [9.17, 15) is 5.11 Å². The predicted octanol–water partition coefficient (Wildman–Crippen LogP) is 4.24. The second kappa shape index (κ2) is 20.5. The van der Waals surface area contributed by atoms with Crippen molar-refractivity contribution in [2.45, 2.75) is 108 Å². The average molecular weight is 555 g/mol. The second-order valence-electron chi connectivity index (χ2n) is 11.9. The fraction of sp³-hybridized carbons (Fsp3) is 1.00. The van der Waals surface area contributed by atoms with E-state index in [1.807, 2.05) is 6.92 Å². The number of ether oxygens (including phenoxy) is 4. The molecule has 4 unspecified atom stereocenters. The lowest BCUT2D eigenvalue weighted by Crippen LogP contribution is -2.42. The molecule has 3 saturated heterocycles. The smallest absolute Gasteiger partial charge is 0.0822 e. The molecule has 4 atom stereocenters. The highest BCUT2D eigenvalue weighted by molar-refractivity contribution is 4.86. The standard InChI is InChI=1S/C31H60N3O5/c1-3-37-22-24-39-31(25-28(11-10-20-35)33-15-6-7-16-33)27-29(34-17-8-9-18-34)26-30(38-23-21-36-2)12-19-32-13-4-5-14-32/h28-31H,3-27H2,1-2H3. The monoisotopic (exact) mass is 554 g/mol. The normalized spacial score (nSPS) is 22.5. The van der Waals surface area contributed by atoms with Gasteiger partial charge in [0.2, 0.25) is 0 Å². The summed E-state index contributed by atoms with van der Waals surface area (Å²) in [5.74, 6) is 0. The summed E-state index contributed by atoms with van der Waals surface area (Å²) in [5, 5.41) is 11.4. The van der Waals surface area contributed by atoms with Crippen LogP contribution in [0.2, 0.25) is 0 Å². The van der Waals surface area contributed by atoms with Gasteiger partial charge in [-0.05, 0) is 123 Å². The molecule has 229 valence electrons. The third-order valence-corrected chi connectivity index (χ3v) is 8.99. The van der Waals surface area contributed by atoms with Gasteiger partial charge in [0.05, 0.1) is 45.2 Å². The molecule has 0 aromatic rings. The second-order valence-corrected chi connectivity index (χ2v) is 11.9. The summed E-state index contributed by atoms with van der Waals surface area (Å²) >= 11 is 0. The van der Waals surface area contributed by atoms with Crippen LogP contribution in [0.3, 0.4) is 0 Å². The van der Waals surface area contributed by atoms with E-state index in [0.717, 1.165) is 64.8 Å². The SMILES string of the molecule is CCOCCOC(CC(CCC[O])N1CCCC1)CC(CC(CCN1CCCC1)OCCOC)N1CCCC1. The van der Waals surface area contributed by atoms with Crippen molar-refractivity contribution in [3.8, 4) is 0 Å². The van der Waals surface area contributed by atoms with E-state index >= 15 is 0 Å². The van der Waals surface area contributed by atoms with Crippen molar-refractivity contribution in [3.05, 3.63) is 0 Å². The van der Waals surface area contributed by atoms with Gasteiger partial charge in [-0.25, -0.2) is 5.11 Å². The molecule has 3 aliphatic heterocycles. The van der Waals surface area contributed by atoms with Crippen LogP contribution in [0.4, 0.5) is 0 Å². The van der Waals surface area contributed by atoms with Crippen LogP contribution in [0.15, 0.2) is 0 Å². The fourth-order valence-corrected chi connectivity index (χ4v) is 6.84. The number of likely N-dealkylation sites (tertiary alicyclic amines) is 3. The molecule has 0 aromatic heterocycles. The predicted molar refractivity (Wildman–Crippen MR) is 156 cm³/mol. The maximum atomic E-state index is 11.4. The van der Waals surface area contributed by atoms with Crippen LogP contribution in [-0.4, -0.2) is 132 Å². The molecule has 0 spiro atoms. The first-order valence-electron chi connectivity index (χ1n) is 16.3. The lowest BCUT2D eigenvalue weighted by Gasteiger charge is -2.36. The fourth-order valence-electron chi connectivity index (χ4n) is 6.84. The van der Waals surface area contributed by atoms with E-state index in [-0.39, 0.29) is 18.8 Å². The molecule has 0 N–H and O–H groups in total. The van der Waals surface area contributed by atoms with Crippen LogP contribution >= 0.6 is 0 Å². The minimum Gasteiger partial charge on any atom is -0.382 e. The molecule has 8 nitrogen and oxygen atoms in total. The van der Waals surface area contributed by atoms with Gasteiger partial charge >= 0.3 is 0 Å². The van der Waals surface area contributed by atoms with Gasteiger partial charge in [-0.15, -0.1) is 0 Å². The van der Waals surface area contributed by atoms with Gasteiger partial charge in [0.25, 0.3) is 0 Å². The molecule has 39 heavy (non-hydrogen) atoms. The Labute approximate surface area is 239 Å². The van der Waals surface area contributed by atoms with Crippen LogP contribution in [0.1, 0.15) is 84.0 Å². The number of nitrogens with zero attached hydrogens (tertiary/aromatic N) is 3. The topological polar surface area (TPSA) is 66.5 Å². The molecule has 0 bridgehead atoms. The molecular formula is C31H60N3O5. The summed E-state index contributed by atoms with van der Waals surface area (Å²) < 4.78 is 24.0. The van der Waals surface area contributed by atoms with Crippen LogP contribution in [0, 0.1) is 0 Å². The van der Waals surface area contributed by atoms with Crippen LogP contribution in [0.5, 0.6) is 0 Å². The summed E-state index contributed by atoms with van der Waals surface area (Å²) in [6.07, 6.45) is 14.1. The molecule has 3 heterocycles. The summed E-state index contributed by atoms with van der Waals surface area (Å²) in [7, 11) is 1.75. The minimum absolute atomic E-state index is 0.0219. The van der Waals surface area contributed by atoms with Gasteiger partial charge in [0, 0.05) is 32.3 Å². The van der Waals surface area contributed by atoms with Crippen LogP contribution in [-0.2, 0) is 24.1 Å². The minimum atomic E-state index is 0.0219. The van der Waals surface area contributed by atoms with Gasteiger partial charge in [0.15, 0.2) is 0 Å². The van der Waals surface area contributed by atoms with Crippen molar-refractivity contribution in [2.75, 3.05) is 92.6 Å². The Balaban J connectivity index is 1.68. The van der Waals surface area contributed by atoms with E-state index in [1.165, 1.54) is 64.7 Å². The third kappa shape index (κ3) is 13.0. The Morgan fingerprint density at radius 3 is 1.87 bits per heavy atom. The quantitative estimate of drug-likeness (QED) is 0.175. The van der Waals surface area contributed by atoms with Crippen molar-refractivity contribution >= 4 is 0 Å². The Morgan fingerprint density at radius 1 is 0.667 bits per heavy atom. The van der Waals surface area contributed by atoms with Crippen molar-refractivity contribution in [1.29, 1.82) is 0 Å². The van der Waals surface area contributed by atoms with Crippen molar-refractivity contribution in [3.63, 3.8) is 0 Å². The zero-order chi connectivity index (χ0) is 27.5. The third-order valence-electron chi connectivity index (χ3n) is 8.99. The number of hydrogen-bond acceptors (Lipinski definition) is 7. The highest BCUT2D eigenvalue weighted by atomic mass is 16.5. The Bertz CT molecular complexity index is 583. The van der Waals surface area contributed by atoms with Gasteiger partial charge in [-0.3, -0.25) is 0 Å². The van der Waals surface area contributed by atoms with E-state index < -0.39 is 0 Å². The van der Waals surface area contributed by atoms with Gasteiger partial charge in [-0.2, -0.15) is 0 Å². The highest BCUT2D eigenvalue weighted by Gasteiger charge is 2.31. The Morgan fingerprint density at radius 2 is 1.23 bits per heavy atom. The van der Waals surface area contributed by atoms with Gasteiger partial charge in [-0.1, -0.05) is 0 Å². The Kier molecular flexibility index (Phi) is 17.5. The summed E-state index contributed by atoms with van der Waals surface area (Å²) in [5.41, 5.74) is 0. The first kappa shape index (κ1) is 33.2. The molecule has 0 aromatic carbocycles. The highest BCUT2D eigenvalue weighted by Crippen LogP contribution is 2.27. The first-order valence-corrected chi connectivity index (χ1v) is 16.3. The summed E-state index contributed by atoms with van der Waals surface area (Å²) in [6, 6.07) is 0.899. The maximum absolute atomic E-state index is 11.4. The maximum Gasteiger partial charge on any atom is 0.0822 e. The van der Waals surface area contributed by atoms with E-state index in [4.69, 9.17) is 18.9 Å². The van der Waals surface area contributed by atoms with E-state index in [2.05, 4.69) is 14.7 Å². The van der Waals surface area contributed by atoms with Crippen molar-refractivity contribution < 1.29 is 24.1 Å². The molecule has 0 amide bonds. The van der Waals surface area contributed by atoms with Crippen LogP contribution in [0.25, 0.3) is 0 Å². The summed E-state index contributed by atoms with van der Waals surface area (Å²) in [6.45, 7) is 13.7. The molecule has 3 rings (SSSR count). The van der Waals surface area contributed by atoms with Crippen molar-refractivity contribution in [1.82, 2.24) is 14.7 Å². The molecule has 3 fully saturated rings. The zero-order valence-corrected chi connectivity index (χ0v) is 25.4. The summed E-state index contributed by atoms with van der Waals surface area (Å²) in [4.78, 5) is 7.95. The largest absolute Gasteiger partial charge is 0.382 e. The van der Waals surface area contributed by atoms with Crippen LogP contribution < -0.4 is 0 Å². The van der Waals surface area contributed by atoms with E-state index in [0.29, 0.717) is 38.5 Å². The lowest BCUT2D eigenvalue weighted by molar-refractivity contribution is -0.0375. The molecule has 0 saturated carbocycles. The molecule has 0 aliphatic carbocycles.